The normalized spacial score (nSPS) is 20.2. The number of nitrogens with zero attached hydrogens (tertiary/aromatic N) is 2. The van der Waals surface area contributed by atoms with E-state index in [1.54, 1.807) is 0 Å². The van der Waals surface area contributed by atoms with Crippen LogP contribution in [-0.2, 0) is 14.8 Å². The number of nitro groups is 1. The van der Waals surface area contributed by atoms with Crippen LogP contribution >= 0.6 is 15.9 Å². The van der Waals surface area contributed by atoms with E-state index < -0.39 is 20.6 Å². The van der Waals surface area contributed by atoms with Crippen LogP contribution in [0.1, 0.15) is 6.42 Å². The summed E-state index contributed by atoms with van der Waals surface area (Å²) in [7, 11) is -2.38. The highest BCUT2D eigenvalue weighted by atomic mass is 79.9. The molecule has 0 bridgehead atoms. The molecule has 0 saturated carbocycles. The molecule has 1 saturated heterocycles. The minimum atomic E-state index is -3.90. The number of hydrogen-bond acceptors (Lipinski definition) is 5. The van der Waals surface area contributed by atoms with E-state index in [1.165, 1.54) is 29.6 Å². The van der Waals surface area contributed by atoms with Gasteiger partial charge in [-0.1, -0.05) is 15.9 Å². The van der Waals surface area contributed by atoms with Crippen molar-refractivity contribution in [2.45, 2.75) is 17.4 Å². The Hall–Kier alpha value is -1.03. The minimum absolute atomic E-state index is 0.170. The molecule has 0 aliphatic carbocycles. The van der Waals surface area contributed by atoms with E-state index in [1.807, 2.05) is 0 Å². The monoisotopic (exact) mass is 364 g/mol. The number of sulfonamides is 1. The number of rotatable bonds is 4. The van der Waals surface area contributed by atoms with Gasteiger partial charge in [0.1, 0.15) is 0 Å². The Balaban J connectivity index is 2.44. The van der Waals surface area contributed by atoms with Crippen LogP contribution in [-0.4, -0.2) is 43.9 Å². The van der Waals surface area contributed by atoms with Crippen LogP contribution in [0.4, 0.5) is 5.69 Å². The number of methoxy groups -OCH3 is 1. The fourth-order valence-electron chi connectivity index (χ4n) is 2.09. The smallest absolute Gasteiger partial charge is 0.289 e. The average Bonchev–Trinajstić information content (AvgIpc) is 2.87. The Bertz CT molecular complexity index is 634. The summed E-state index contributed by atoms with van der Waals surface area (Å²) in [5, 5.41) is 11.0. The van der Waals surface area contributed by atoms with Crippen molar-refractivity contribution in [3.8, 4) is 0 Å². The molecule has 1 heterocycles. The van der Waals surface area contributed by atoms with Crippen molar-refractivity contribution in [3.63, 3.8) is 0 Å². The Kier molecular flexibility index (Phi) is 4.43. The molecule has 1 unspecified atom stereocenters. The lowest BCUT2D eigenvalue weighted by Crippen LogP contribution is -2.30. The molecule has 0 amide bonds. The first-order valence-corrected chi connectivity index (χ1v) is 8.06. The molecule has 1 aliphatic rings. The van der Waals surface area contributed by atoms with E-state index in [0.29, 0.717) is 17.4 Å². The SMILES string of the molecule is COC1CCN(S(=O)(=O)c2cc(Br)ccc2[N+](=O)[O-])C1. The van der Waals surface area contributed by atoms with Crippen molar-refractivity contribution in [2.24, 2.45) is 0 Å². The molecule has 2 rings (SSSR count). The van der Waals surface area contributed by atoms with Crippen molar-refractivity contribution in [1.29, 1.82) is 0 Å². The van der Waals surface area contributed by atoms with Crippen LogP contribution in [0.5, 0.6) is 0 Å². The van der Waals surface area contributed by atoms with Crippen LogP contribution in [0, 0.1) is 10.1 Å². The van der Waals surface area contributed by atoms with Gasteiger partial charge in [0.05, 0.1) is 11.0 Å². The summed E-state index contributed by atoms with van der Waals surface area (Å²) < 4.78 is 31.9. The second-order valence-corrected chi connectivity index (χ2v) is 7.20. The zero-order valence-corrected chi connectivity index (χ0v) is 13.1. The van der Waals surface area contributed by atoms with Gasteiger partial charge in [0.25, 0.3) is 5.69 Å². The van der Waals surface area contributed by atoms with Crippen molar-refractivity contribution in [3.05, 3.63) is 32.8 Å². The lowest BCUT2D eigenvalue weighted by atomic mass is 10.3. The molecule has 1 aromatic carbocycles. The maximum atomic E-state index is 12.5. The summed E-state index contributed by atoms with van der Waals surface area (Å²) in [4.78, 5) is 10.0. The highest BCUT2D eigenvalue weighted by molar-refractivity contribution is 9.10. The summed E-state index contributed by atoms with van der Waals surface area (Å²) in [6.07, 6.45) is 0.410. The topological polar surface area (TPSA) is 89.8 Å². The molecular formula is C11H13BrN2O5S. The Labute approximate surface area is 124 Å². The minimum Gasteiger partial charge on any atom is -0.380 e. The van der Waals surface area contributed by atoms with Gasteiger partial charge in [0, 0.05) is 30.7 Å². The van der Waals surface area contributed by atoms with E-state index in [0.717, 1.165) is 0 Å². The number of benzene rings is 1. The van der Waals surface area contributed by atoms with Gasteiger partial charge >= 0.3 is 0 Å². The van der Waals surface area contributed by atoms with Crippen molar-refractivity contribution in [2.75, 3.05) is 20.2 Å². The first-order chi connectivity index (χ1) is 9.36. The molecule has 9 heteroatoms. The Morgan fingerprint density at radius 3 is 2.75 bits per heavy atom. The van der Waals surface area contributed by atoms with Gasteiger partial charge in [-0.05, 0) is 18.6 Å². The Morgan fingerprint density at radius 2 is 2.20 bits per heavy atom. The maximum Gasteiger partial charge on any atom is 0.289 e. The van der Waals surface area contributed by atoms with E-state index in [9.17, 15) is 18.5 Å². The largest absolute Gasteiger partial charge is 0.380 e. The van der Waals surface area contributed by atoms with Crippen LogP contribution in [0.2, 0.25) is 0 Å². The quantitative estimate of drug-likeness (QED) is 0.599. The number of ether oxygens (including phenoxy) is 1. The first kappa shape index (κ1) is 15.4. The molecule has 20 heavy (non-hydrogen) atoms. The van der Waals surface area contributed by atoms with E-state index in [4.69, 9.17) is 4.74 Å². The van der Waals surface area contributed by atoms with Gasteiger partial charge in [-0.15, -0.1) is 0 Å². The molecule has 0 radical (unpaired) electrons. The number of halogens is 1. The second kappa shape index (κ2) is 5.76. The fraction of sp³-hybridized carbons (Fsp3) is 0.455. The molecule has 7 nitrogen and oxygen atoms in total. The molecule has 1 atom stereocenters. The van der Waals surface area contributed by atoms with Gasteiger partial charge in [-0.2, -0.15) is 4.31 Å². The highest BCUT2D eigenvalue weighted by Crippen LogP contribution is 2.31. The zero-order valence-electron chi connectivity index (χ0n) is 10.7. The average molecular weight is 365 g/mol. The van der Waals surface area contributed by atoms with Gasteiger partial charge in [0.15, 0.2) is 4.90 Å². The van der Waals surface area contributed by atoms with E-state index in [2.05, 4.69) is 15.9 Å². The molecule has 110 valence electrons. The third-order valence-electron chi connectivity index (χ3n) is 3.18. The third-order valence-corrected chi connectivity index (χ3v) is 5.56. The first-order valence-electron chi connectivity index (χ1n) is 5.83. The number of nitro benzene ring substituents is 1. The summed E-state index contributed by atoms with van der Waals surface area (Å²) in [6.45, 7) is 0.507. The molecule has 0 aromatic heterocycles. The summed E-state index contributed by atoms with van der Waals surface area (Å²) in [6, 6.07) is 3.88. The van der Waals surface area contributed by atoms with Crippen molar-refractivity contribution < 1.29 is 18.1 Å². The summed E-state index contributed by atoms with van der Waals surface area (Å²) in [5.41, 5.74) is -0.422. The summed E-state index contributed by atoms with van der Waals surface area (Å²) >= 11 is 3.14. The predicted molar refractivity (Wildman–Crippen MR) is 75.0 cm³/mol. The third kappa shape index (κ3) is 2.85. The lowest BCUT2D eigenvalue weighted by molar-refractivity contribution is -0.387. The van der Waals surface area contributed by atoms with Gasteiger partial charge in [-0.3, -0.25) is 10.1 Å². The van der Waals surface area contributed by atoms with Crippen molar-refractivity contribution >= 4 is 31.6 Å². The van der Waals surface area contributed by atoms with Gasteiger partial charge in [-0.25, -0.2) is 8.42 Å². The Morgan fingerprint density at radius 1 is 1.50 bits per heavy atom. The molecule has 1 aromatic rings. The van der Waals surface area contributed by atoms with E-state index >= 15 is 0 Å². The molecule has 1 aliphatic heterocycles. The highest BCUT2D eigenvalue weighted by Gasteiger charge is 2.36. The number of hydrogen-bond donors (Lipinski definition) is 0. The lowest BCUT2D eigenvalue weighted by Gasteiger charge is -2.16. The van der Waals surface area contributed by atoms with Gasteiger partial charge in [0.2, 0.25) is 10.0 Å². The maximum absolute atomic E-state index is 12.5. The molecule has 0 spiro atoms. The predicted octanol–water partition coefficient (Wildman–Crippen LogP) is 1.77. The van der Waals surface area contributed by atoms with Crippen LogP contribution in [0.3, 0.4) is 0 Å². The van der Waals surface area contributed by atoms with Gasteiger partial charge < -0.3 is 4.74 Å². The van der Waals surface area contributed by atoms with Crippen LogP contribution < -0.4 is 0 Å². The van der Waals surface area contributed by atoms with Crippen molar-refractivity contribution in [1.82, 2.24) is 4.31 Å². The van der Waals surface area contributed by atoms with E-state index in [-0.39, 0.29) is 17.5 Å². The fourth-order valence-corrected chi connectivity index (χ4v) is 4.27. The molecule has 1 fully saturated rings. The van der Waals surface area contributed by atoms with Crippen LogP contribution in [0.25, 0.3) is 0 Å². The zero-order chi connectivity index (χ0) is 14.9. The molecule has 0 N–H and O–H groups in total. The molecular weight excluding hydrogens is 352 g/mol. The van der Waals surface area contributed by atoms with Crippen LogP contribution in [0.15, 0.2) is 27.6 Å². The standard InChI is InChI=1S/C11H13BrN2O5S/c1-19-9-4-5-13(7-9)20(17,18)11-6-8(12)2-3-10(11)14(15)16/h2-3,6,9H,4-5,7H2,1H3. The summed E-state index contributed by atoms with van der Waals surface area (Å²) in [5.74, 6) is 0. The second-order valence-electron chi connectivity index (χ2n) is 4.38.